The number of nitrogens with zero attached hydrogens (tertiary/aromatic N) is 2. The number of piperazine rings is 1. The minimum absolute atomic E-state index is 0.0185. The van der Waals surface area contributed by atoms with E-state index in [0.29, 0.717) is 11.4 Å². The molecule has 0 aromatic heterocycles. The first-order chi connectivity index (χ1) is 13.9. The summed E-state index contributed by atoms with van der Waals surface area (Å²) in [5.41, 5.74) is 1.09. The predicted octanol–water partition coefficient (Wildman–Crippen LogP) is 3.26. The fourth-order valence-corrected chi connectivity index (χ4v) is 6.55. The van der Waals surface area contributed by atoms with Crippen molar-refractivity contribution >= 4 is 10.0 Å². The molecule has 0 radical (unpaired) electrons. The van der Waals surface area contributed by atoms with Crippen molar-refractivity contribution in [2.24, 2.45) is 0 Å². The molecule has 0 bridgehead atoms. The maximum atomic E-state index is 13.7. The van der Waals surface area contributed by atoms with Crippen LogP contribution >= 0.6 is 0 Å². The highest BCUT2D eigenvalue weighted by Crippen LogP contribution is 2.38. The lowest BCUT2D eigenvalue weighted by molar-refractivity contribution is 0.0121. The van der Waals surface area contributed by atoms with Crippen molar-refractivity contribution < 1.29 is 8.42 Å². The van der Waals surface area contributed by atoms with Gasteiger partial charge in [-0.2, -0.15) is 4.31 Å². The molecular formula is C23H31N3O2S. The van der Waals surface area contributed by atoms with Crippen molar-refractivity contribution in [1.29, 1.82) is 0 Å². The van der Waals surface area contributed by atoms with Crippen molar-refractivity contribution in [2.75, 3.05) is 26.2 Å². The van der Waals surface area contributed by atoms with E-state index in [4.69, 9.17) is 0 Å². The molecule has 2 saturated heterocycles. The van der Waals surface area contributed by atoms with Crippen LogP contribution in [-0.2, 0) is 10.0 Å². The normalized spacial score (nSPS) is 26.3. The number of benzene rings is 2. The highest BCUT2D eigenvalue weighted by atomic mass is 32.2. The van der Waals surface area contributed by atoms with E-state index in [1.54, 1.807) is 28.6 Å². The van der Waals surface area contributed by atoms with Crippen molar-refractivity contribution in [3.05, 3.63) is 66.2 Å². The van der Waals surface area contributed by atoms with Crippen molar-refractivity contribution in [1.82, 2.24) is 14.5 Å². The first-order valence-corrected chi connectivity index (χ1v) is 11.9. The Morgan fingerprint density at radius 1 is 0.966 bits per heavy atom. The zero-order valence-corrected chi connectivity index (χ0v) is 18.1. The van der Waals surface area contributed by atoms with E-state index in [9.17, 15) is 8.42 Å². The van der Waals surface area contributed by atoms with Crippen LogP contribution in [0.25, 0.3) is 0 Å². The zero-order chi connectivity index (χ0) is 20.5. The first kappa shape index (κ1) is 20.5. The molecule has 0 amide bonds. The summed E-state index contributed by atoms with van der Waals surface area (Å²) in [6.45, 7) is 7.86. The summed E-state index contributed by atoms with van der Waals surface area (Å²) in [5.74, 6) is 0. The Morgan fingerprint density at radius 2 is 1.62 bits per heavy atom. The number of hydrogen-bond donors (Lipinski definition) is 1. The van der Waals surface area contributed by atoms with Crippen LogP contribution in [0, 0.1) is 0 Å². The molecule has 4 rings (SSSR count). The van der Waals surface area contributed by atoms with Gasteiger partial charge in [-0.1, -0.05) is 48.5 Å². The highest BCUT2D eigenvalue weighted by molar-refractivity contribution is 7.89. The number of hydrogen-bond acceptors (Lipinski definition) is 4. The quantitative estimate of drug-likeness (QED) is 0.836. The van der Waals surface area contributed by atoms with Crippen molar-refractivity contribution in [2.45, 2.75) is 49.2 Å². The van der Waals surface area contributed by atoms with Crippen molar-refractivity contribution in [3.63, 3.8) is 0 Å². The Morgan fingerprint density at radius 3 is 2.28 bits per heavy atom. The lowest BCUT2D eigenvalue weighted by atomic mass is 9.90. The Hall–Kier alpha value is -1.73. The largest absolute Gasteiger partial charge is 0.314 e. The van der Waals surface area contributed by atoms with Crippen LogP contribution in [0.4, 0.5) is 0 Å². The van der Waals surface area contributed by atoms with E-state index in [1.165, 1.54) is 0 Å². The summed E-state index contributed by atoms with van der Waals surface area (Å²) in [4.78, 5) is 2.89. The Kier molecular flexibility index (Phi) is 5.80. The van der Waals surface area contributed by atoms with E-state index < -0.39 is 10.0 Å². The topological polar surface area (TPSA) is 52.6 Å². The third kappa shape index (κ3) is 4.12. The lowest BCUT2D eigenvalue weighted by Gasteiger charge is -2.51. The van der Waals surface area contributed by atoms with E-state index in [-0.39, 0.29) is 17.6 Å². The molecule has 0 saturated carbocycles. The van der Waals surface area contributed by atoms with Crippen LogP contribution in [0.3, 0.4) is 0 Å². The van der Waals surface area contributed by atoms with Gasteiger partial charge in [-0.25, -0.2) is 8.42 Å². The molecule has 1 N–H and O–H groups in total. The summed E-state index contributed by atoms with van der Waals surface area (Å²) in [6, 6.07) is 19.0. The molecule has 2 aromatic carbocycles. The van der Waals surface area contributed by atoms with Gasteiger partial charge < -0.3 is 5.32 Å². The predicted molar refractivity (Wildman–Crippen MR) is 116 cm³/mol. The molecular weight excluding hydrogens is 382 g/mol. The van der Waals surface area contributed by atoms with Crippen LogP contribution in [-0.4, -0.2) is 55.4 Å². The molecule has 0 aliphatic carbocycles. The third-order valence-electron chi connectivity index (χ3n) is 6.35. The lowest BCUT2D eigenvalue weighted by Crippen LogP contribution is -2.64. The second kappa shape index (κ2) is 8.19. The molecule has 2 atom stereocenters. The number of nitrogens with one attached hydrogen (secondary N) is 1. The fraction of sp³-hybridized carbons (Fsp3) is 0.478. The standard InChI is InChI=1S/C23H31N3O2S/c1-23(2)18-24-15-16-25(23)20-13-14-22(19-9-5-3-6-10-19)26(17-20)29(27,28)21-11-7-4-8-12-21/h3-12,20,22,24H,13-18H2,1-2H3. The van der Waals surface area contributed by atoms with Gasteiger partial charge >= 0.3 is 0 Å². The van der Waals surface area contributed by atoms with E-state index in [1.807, 2.05) is 36.4 Å². The summed E-state index contributed by atoms with van der Waals surface area (Å²) in [5, 5.41) is 3.47. The van der Waals surface area contributed by atoms with Gasteiger partial charge in [-0.05, 0) is 44.4 Å². The zero-order valence-electron chi connectivity index (χ0n) is 17.3. The molecule has 0 spiro atoms. The van der Waals surface area contributed by atoms with Gasteiger partial charge in [0, 0.05) is 37.8 Å². The third-order valence-corrected chi connectivity index (χ3v) is 8.24. The Bertz CT molecular complexity index is 916. The summed E-state index contributed by atoms with van der Waals surface area (Å²) in [7, 11) is -3.58. The minimum atomic E-state index is -3.58. The molecule has 2 heterocycles. The smallest absolute Gasteiger partial charge is 0.243 e. The van der Waals surface area contributed by atoms with Gasteiger partial charge in [0.25, 0.3) is 0 Å². The van der Waals surface area contributed by atoms with Gasteiger partial charge in [0.2, 0.25) is 10.0 Å². The van der Waals surface area contributed by atoms with Gasteiger partial charge in [0.1, 0.15) is 0 Å². The van der Waals surface area contributed by atoms with Crippen LogP contribution in [0.1, 0.15) is 38.3 Å². The average Bonchev–Trinajstić information content (AvgIpc) is 2.74. The Balaban J connectivity index is 1.69. The van der Waals surface area contributed by atoms with Crippen LogP contribution < -0.4 is 5.32 Å². The molecule has 29 heavy (non-hydrogen) atoms. The van der Waals surface area contributed by atoms with Gasteiger partial charge in [-0.3, -0.25) is 4.90 Å². The van der Waals surface area contributed by atoms with Crippen molar-refractivity contribution in [3.8, 4) is 0 Å². The van der Waals surface area contributed by atoms with Gasteiger partial charge in [0.15, 0.2) is 0 Å². The summed E-state index contributed by atoms with van der Waals surface area (Å²) in [6.07, 6.45) is 1.84. The molecule has 2 aliphatic rings. The fourth-order valence-electron chi connectivity index (χ4n) is 4.85. The maximum absolute atomic E-state index is 13.7. The van der Waals surface area contributed by atoms with Crippen LogP contribution in [0.2, 0.25) is 0 Å². The maximum Gasteiger partial charge on any atom is 0.243 e. The molecule has 2 fully saturated rings. The molecule has 156 valence electrons. The van der Waals surface area contributed by atoms with Crippen LogP contribution in [0.5, 0.6) is 0 Å². The molecule has 2 aliphatic heterocycles. The SMILES string of the molecule is CC1(C)CNCCN1C1CCC(c2ccccc2)N(S(=O)(=O)c2ccccc2)C1. The van der Waals surface area contributed by atoms with Gasteiger partial charge in [-0.15, -0.1) is 0 Å². The molecule has 2 aromatic rings. The average molecular weight is 414 g/mol. The first-order valence-electron chi connectivity index (χ1n) is 10.5. The monoisotopic (exact) mass is 413 g/mol. The highest BCUT2D eigenvalue weighted by Gasteiger charge is 2.43. The van der Waals surface area contributed by atoms with E-state index in [2.05, 4.69) is 24.1 Å². The van der Waals surface area contributed by atoms with Gasteiger partial charge in [0.05, 0.1) is 10.9 Å². The molecule has 6 heteroatoms. The van der Waals surface area contributed by atoms with E-state index in [0.717, 1.165) is 38.0 Å². The second-order valence-corrected chi connectivity index (χ2v) is 10.6. The molecule has 5 nitrogen and oxygen atoms in total. The number of sulfonamides is 1. The number of piperidine rings is 1. The van der Waals surface area contributed by atoms with Crippen LogP contribution in [0.15, 0.2) is 65.6 Å². The summed E-state index contributed by atoms with van der Waals surface area (Å²) < 4.78 is 29.1. The minimum Gasteiger partial charge on any atom is -0.314 e. The second-order valence-electron chi connectivity index (χ2n) is 8.73. The Labute approximate surface area is 174 Å². The summed E-state index contributed by atoms with van der Waals surface area (Å²) >= 11 is 0. The van der Waals surface area contributed by atoms with E-state index >= 15 is 0 Å². The number of rotatable bonds is 4. The molecule has 2 unspecified atom stereocenters.